The van der Waals surface area contributed by atoms with Gasteiger partial charge in [0.25, 0.3) is 5.56 Å². The summed E-state index contributed by atoms with van der Waals surface area (Å²) in [6, 6.07) is 7.77. The quantitative estimate of drug-likeness (QED) is 0.283. The van der Waals surface area contributed by atoms with E-state index in [4.69, 9.17) is 9.47 Å². The van der Waals surface area contributed by atoms with Crippen LogP contribution in [0.4, 0.5) is 16.0 Å². The minimum Gasteiger partial charge on any atom is -0.492 e. The van der Waals surface area contributed by atoms with E-state index in [1.165, 1.54) is 48.3 Å². The molecule has 0 saturated carbocycles. The third-order valence-electron chi connectivity index (χ3n) is 6.54. The minimum absolute atomic E-state index is 0.0329. The van der Waals surface area contributed by atoms with E-state index in [1.54, 1.807) is 18.5 Å². The molecule has 4 aromatic rings. The summed E-state index contributed by atoms with van der Waals surface area (Å²) in [6.45, 7) is 6.00. The number of halogens is 1. The van der Waals surface area contributed by atoms with Crippen LogP contribution in [-0.4, -0.2) is 70.7 Å². The average Bonchev–Trinajstić information content (AvgIpc) is 3.01. The lowest BCUT2D eigenvalue weighted by molar-refractivity contribution is 0.374. The molecular formula is C27H28FN9O3S. The smallest absolute Gasteiger partial charge is 0.269 e. The van der Waals surface area contributed by atoms with Gasteiger partial charge in [-0.15, -0.1) is 0 Å². The molecule has 1 saturated heterocycles. The molecule has 12 nitrogen and oxygen atoms in total. The molecule has 0 unspecified atom stereocenters. The first kappa shape index (κ1) is 28.1. The summed E-state index contributed by atoms with van der Waals surface area (Å²) in [5, 5.41) is 13.3. The third-order valence-corrected chi connectivity index (χ3v) is 7.42. The highest BCUT2D eigenvalue weighted by atomic mass is 32.2. The monoisotopic (exact) mass is 577 g/mol. The number of anilines is 2. The van der Waals surface area contributed by atoms with Gasteiger partial charge < -0.3 is 24.4 Å². The maximum Gasteiger partial charge on any atom is 0.269 e. The SMILES string of the molecule is CCN(C)SNc1ccc(F)c(Oc2ccc3ncn(-c4cnc(N5CCNCC5)nc4)c(=O)c3c2OC)c1C#N. The first-order chi connectivity index (χ1) is 19.9. The Balaban J connectivity index is 1.52. The Kier molecular flexibility index (Phi) is 8.48. The van der Waals surface area contributed by atoms with Crippen molar-refractivity contribution in [3.8, 4) is 29.0 Å². The zero-order valence-electron chi connectivity index (χ0n) is 22.7. The number of nitrogens with zero attached hydrogens (tertiary/aromatic N) is 7. The summed E-state index contributed by atoms with van der Waals surface area (Å²) in [5.41, 5.74) is 0.662. The van der Waals surface area contributed by atoms with Gasteiger partial charge in [-0.1, -0.05) is 6.92 Å². The Morgan fingerprint density at radius 1 is 1.17 bits per heavy atom. The van der Waals surface area contributed by atoms with E-state index >= 15 is 0 Å². The second-order valence-corrected chi connectivity index (χ2v) is 10.0. The van der Waals surface area contributed by atoms with Gasteiger partial charge in [0.15, 0.2) is 23.1 Å². The predicted molar refractivity (Wildman–Crippen MR) is 155 cm³/mol. The fourth-order valence-electron chi connectivity index (χ4n) is 4.25. The van der Waals surface area contributed by atoms with Crippen LogP contribution in [0.3, 0.4) is 0 Å². The van der Waals surface area contributed by atoms with Crippen molar-refractivity contribution >= 4 is 34.7 Å². The van der Waals surface area contributed by atoms with E-state index in [-0.39, 0.29) is 28.2 Å². The molecule has 212 valence electrons. The van der Waals surface area contributed by atoms with Gasteiger partial charge in [-0.2, -0.15) is 5.26 Å². The lowest BCUT2D eigenvalue weighted by Gasteiger charge is -2.27. The minimum atomic E-state index is -0.742. The molecule has 1 fully saturated rings. The number of fused-ring (bicyclic) bond motifs is 1. The van der Waals surface area contributed by atoms with Crippen LogP contribution in [0.25, 0.3) is 16.6 Å². The Hall–Kier alpha value is -4.45. The van der Waals surface area contributed by atoms with Crippen LogP contribution in [0.2, 0.25) is 0 Å². The summed E-state index contributed by atoms with van der Waals surface area (Å²) in [5.74, 6) is -0.358. The highest BCUT2D eigenvalue weighted by molar-refractivity contribution is 7.98. The van der Waals surface area contributed by atoms with E-state index < -0.39 is 11.4 Å². The fraction of sp³-hybridized carbons (Fsp3) is 0.296. The normalized spacial score (nSPS) is 13.3. The highest BCUT2D eigenvalue weighted by Gasteiger charge is 2.22. The summed E-state index contributed by atoms with van der Waals surface area (Å²) in [7, 11) is 3.25. The third kappa shape index (κ3) is 5.73. The molecular weight excluding hydrogens is 549 g/mol. The number of hydrogen-bond donors (Lipinski definition) is 2. The van der Waals surface area contributed by atoms with E-state index in [9.17, 15) is 14.4 Å². The molecule has 2 aromatic carbocycles. The van der Waals surface area contributed by atoms with Crippen molar-refractivity contribution in [3.63, 3.8) is 0 Å². The number of rotatable bonds is 9. The van der Waals surface area contributed by atoms with Gasteiger partial charge in [0.05, 0.1) is 36.4 Å². The standard InChI is InChI=1S/C27H28FN9O3S/c1-4-35(2)41-34-20-6-5-19(28)24(18(20)13-29)40-22-8-7-21-23(25(22)39-3)26(38)37(16-33-21)17-14-31-27(32-15-17)36-11-9-30-10-12-36/h5-8,14-16,30,34H,4,9-12H2,1-3H3. The van der Waals surface area contributed by atoms with Crippen molar-refractivity contribution in [1.29, 1.82) is 5.26 Å². The molecule has 1 aliphatic rings. The van der Waals surface area contributed by atoms with Gasteiger partial charge in [-0.3, -0.25) is 9.36 Å². The van der Waals surface area contributed by atoms with Gasteiger partial charge in [0.1, 0.15) is 23.3 Å². The molecule has 0 bridgehead atoms. The lowest BCUT2D eigenvalue weighted by atomic mass is 10.1. The van der Waals surface area contributed by atoms with Crippen LogP contribution >= 0.6 is 12.1 Å². The van der Waals surface area contributed by atoms with Crippen molar-refractivity contribution in [2.24, 2.45) is 0 Å². The maximum atomic E-state index is 15.0. The predicted octanol–water partition coefficient (Wildman–Crippen LogP) is 3.32. The highest BCUT2D eigenvalue weighted by Crippen LogP contribution is 2.40. The van der Waals surface area contributed by atoms with Crippen LogP contribution in [0.1, 0.15) is 12.5 Å². The van der Waals surface area contributed by atoms with Crippen LogP contribution < -0.4 is 30.0 Å². The second-order valence-electron chi connectivity index (χ2n) is 9.04. The zero-order chi connectivity index (χ0) is 28.9. The number of hydrogen-bond acceptors (Lipinski definition) is 12. The van der Waals surface area contributed by atoms with Crippen molar-refractivity contribution < 1.29 is 13.9 Å². The molecule has 41 heavy (non-hydrogen) atoms. The first-order valence-corrected chi connectivity index (χ1v) is 13.6. The summed E-state index contributed by atoms with van der Waals surface area (Å²) < 4.78 is 32.8. The largest absolute Gasteiger partial charge is 0.492 e. The van der Waals surface area contributed by atoms with E-state index in [1.807, 2.05) is 24.3 Å². The number of nitriles is 1. The van der Waals surface area contributed by atoms with Crippen molar-refractivity contribution in [1.82, 2.24) is 29.1 Å². The van der Waals surface area contributed by atoms with Crippen molar-refractivity contribution in [2.75, 3.05) is 56.5 Å². The fourth-order valence-corrected chi connectivity index (χ4v) is 4.80. The lowest BCUT2D eigenvalue weighted by Crippen LogP contribution is -2.44. The van der Waals surface area contributed by atoms with Gasteiger partial charge in [-0.25, -0.2) is 23.6 Å². The van der Waals surface area contributed by atoms with Crippen molar-refractivity contribution in [2.45, 2.75) is 6.92 Å². The Labute approximate surface area is 240 Å². The van der Waals surface area contributed by atoms with Gasteiger partial charge in [-0.05, 0) is 31.3 Å². The van der Waals surface area contributed by atoms with Crippen LogP contribution in [-0.2, 0) is 0 Å². The molecule has 0 atom stereocenters. The number of benzene rings is 2. The van der Waals surface area contributed by atoms with Gasteiger partial charge >= 0.3 is 0 Å². The number of ether oxygens (including phenoxy) is 2. The van der Waals surface area contributed by atoms with Gasteiger partial charge in [0.2, 0.25) is 5.95 Å². The van der Waals surface area contributed by atoms with Gasteiger partial charge in [0, 0.05) is 44.9 Å². The summed E-state index contributed by atoms with van der Waals surface area (Å²) in [4.78, 5) is 29.1. The summed E-state index contributed by atoms with van der Waals surface area (Å²) >= 11 is 1.26. The van der Waals surface area contributed by atoms with Crippen LogP contribution in [0.5, 0.6) is 17.2 Å². The number of nitrogens with one attached hydrogen (secondary N) is 2. The molecule has 1 aliphatic heterocycles. The molecule has 0 amide bonds. The van der Waals surface area contributed by atoms with E-state index in [0.717, 1.165) is 32.7 Å². The van der Waals surface area contributed by atoms with E-state index in [2.05, 4.69) is 29.9 Å². The van der Waals surface area contributed by atoms with Crippen LogP contribution in [0.15, 0.2) is 47.8 Å². The number of methoxy groups -OCH3 is 1. The molecule has 0 aliphatic carbocycles. The molecule has 2 aromatic heterocycles. The molecule has 0 radical (unpaired) electrons. The molecule has 2 N–H and O–H groups in total. The zero-order valence-corrected chi connectivity index (χ0v) is 23.5. The first-order valence-electron chi connectivity index (χ1n) is 12.9. The van der Waals surface area contributed by atoms with Crippen LogP contribution in [0, 0.1) is 17.1 Å². The summed E-state index contributed by atoms with van der Waals surface area (Å²) in [6.07, 6.45) is 4.52. The Bertz CT molecular complexity index is 1650. The number of aromatic nitrogens is 4. The second kappa shape index (κ2) is 12.4. The molecule has 5 rings (SSSR count). The Morgan fingerprint density at radius 3 is 2.61 bits per heavy atom. The van der Waals surface area contributed by atoms with Crippen molar-refractivity contribution in [3.05, 3.63) is 64.7 Å². The molecule has 3 heterocycles. The average molecular weight is 578 g/mol. The molecule has 14 heteroatoms. The Morgan fingerprint density at radius 2 is 1.93 bits per heavy atom. The maximum absolute atomic E-state index is 15.0. The number of piperazine rings is 1. The molecule has 0 spiro atoms. The topological polar surface area (TPSA) is 133 Å². The van der Waals surface area contributed by atoms with E-state index in [0.29, 0.717) is 22.8 Å².